The standard InChI is InChI=1S/C13H20N2O2/c1-9(2)15(6-7-16)13(17)11-8-10(3)4-5-12(11)14/h4-5,8-9,16H,6-7,14H2,1-3H3. The second kappa shape index (κ2) is 5.68. The van der Waals surface area contributed by atoms with Gasteiger partial charge in [0.05, 0.1) is 12.2 Å². The smallest absolute Gasteiger partial charge is 0.256 e. The van der Waals surface area contributed by atoms with Gasteiger partial charge in [-0.05, 0) is 32.9 Å². The number of aliphatic hydroxyl groups excluding tert-OH is 1. The number of aliphatic hydroxyl groups is 1. The molecule has 0 aliphatic rings. The molecular formula is C13H20N2O2. The molecule has 0 aromatic heterocycles. The minimum atomic E-state index is -0.129. The zero-order chi connectivity index (χ0) is 13.0. The summed E-state index contributed by atoms with van der Waals surface area (Å²) in [5.41, 5.74) is 7.79. The van der Waals surface area contributed by atoms with Gasteiger partial charge in [0.1, 0.15) is 0 Å². The number of benzene rings is 1. The lowest BCUT2D eigenvalue weighted by atomic mass is 10.1. The van der Waals surface area contributed by atoms with Crippen molar-refractivity contribution in [2.75, 3.05) is 18.9 Å². The summed E-state index contributed by atoms with van der Waals surface area (Å²) in [7, 11) is 0. The number of rotatable bonds is 4. The van der Waals surface area contributed by atoms with Gasteiger partial charge in [0.25, 0.3) is 5.91 Å². The van der Waals surface area contributed by atoms with Gasteiger partial charge in [-0.25, -0.2) is 0 Å². The summed E-state index contributed by atoms with van der Waals surface area (Å²) in [4.78, 5) is 13.9. The van der Waals surface area contributed by atoms with E-state index >= 15 is 0 Å². The van der Waals surface area contributed by atoms with Gasteiger partial charge in [-0.15, -0.1) is 0 Å². The Kier molecular flexibility index (Phi) is 4.52. The molecule has 0 heterocycles. The van der Waals surface area contributed by atoms with Crippen molar-refractivity contribution in [2.24, 2.45) is 0 Å². The second-order valence-electron chi connectivity index (χ2n) is 4.41. The van der Waals surface area contributed by atoms with Crippen LogP contribution in [0.25, 0.3) is 0 Å². The molecule has 1 aromatic rings. The molecule has 0 radical (unpaired) electrons. The summed E-state index contributed by atoms with van der Waals surface area (Å²) in [6.45, 7) is 6.03. The van der Waals surface area contributed by atoms with Gasteiger partial charge >= 0.3 is 0 Å². The predicted octanol–water partition coefficient (Wildman–Crippen LogP) is 1.42. The molecule has 0 fully saturated rings. The molecule has 1 rings (SSSR count). The molecular weight excluding hydrogens is 216 g/mol. The Balaban J connectivity index is 3.04. The number of anilines is 1. The molecule has 0 bridgehead atoms. The van der Waals surface area contributed by atoms with E-state index in [0.29, 0.717) is 17.8 Å². The van der Waals surface area contributed by atoms with Crippen LogP contribution in [0.2, 0.25) is 0 Å². The van der Waals surface area contributed by atoms with E-state index in [1.165, 1.54) is 0 Å². The second-order valence-corrected chi connectivity index (χ2v) is 4.41. The number of nitrogens with two attached hydrogens (primary N) is 1. The van der Waals surface area contributed by atoms with Crippen LogP contribution in [0, 0.1) is 6.92 Å². The van der Waals surface area contributed by atoms with Crippen LogP contribution in [-0.4, -0.2) is 35.1 Å². The van der Waals surface area contributed by atoms with Gasteiger partial charge in [-0.2, -0.15) is 0 Å². The molecule has 3 N–H and O–H groups in total. The van der Waals surface area contributed by atoms with Gasteiger partial charge in [0.2, 0.25) is 0 Å². The van der Waals surface area contributed by atoms with Gasteiger partial charge in [-0.3, -0.25) is 4.79 Å². The van der Waals surface area contributed by atoms with Gasteiger partial charge in [0, 0.05) is 18.3 Å². The maximum atomic E-state index is 12.3. The Morgan fingerprint density at radius 1 is 1.47 bits per heavy atom. The van der Waals surface area contributed by atoms with Crippen molar-refractivity contribution < 1.29 is 9.90 Å². The molecule has 1 amide bonds. The molecule has 0 atom stereocenters. The van der Waals surface area contributed by atoms with Crippen LogP contribution in [0.3, 0.4) is 0 Å². The van der Waals surface area contributed by atoms with Crippen molar-refractivity contribution >= 4 is 11.6 Å². The summed E-state index contributed by atoms with van der Waals surface area (Å²) in [5, 5.41) is 8.98. The van der Waals surface area contributed by atoms with Crippen LogP contribution in [-0.2, 0) is 0 Å². The first-order valence-electron chi connectivity index (χ1n) is 5.75. The summed E-state index contributed by atoms with van der Waals surface area (Å²) >= 11 is 0. The van der Waals surface area contributed by atoms with Crippen LogP contribution in [0.15, 0.2) is 18.2 Å². The van der Waals surface area contributed by atoms with Crippen LogP contribution in [0.4, 0.5) is 5.69 Å². The van der Waals surface area contributed by atoms with Crippen LogP contribution in [0.1, 0.15) is 29.8 Å². The highest BCUT2D eigenvalue weighted by atomic mass is 16.3. The fraction of sp³-hybridized carbons (Fsp3) is 0.462. The molecule has 0 spiro atoms. The average molecular weight is 236 g/mol. The highest BCUT2D eigenvalue weighted by molar-refractivity contribution is 5.99. The third-order valence-corrected chi connectivity index (χ3v) is 2.66. The lowest BCUT2D eigenvalue weighted by Crippen LogP contribution is -2.39. The van der Waals surface area contributed by atoms with Crippen molar-refractivity contribution in [3.05, 3.63) is 29.3 Å². The zero-order valence-corrected chi connectivity index (χ0v) is 10.6. The number of hydrogen-bond acceptors (Lipinski definition) is 3. The van der Waals surface area contributed by atoms with Crippen molar-refractivity contribution in [3.63, 3.8) is 0 Å². The van der Waals surface area contributed by atoms with Crippen molar-refractivity contribution in [2.45, 2.75) is 26.8 Å². The Bertz CT molecular complexity index is 402. The first-order valence-corrected chi connectivity index (χ1v) is 5.75. The Labute approximate surface area is 102 Å². The molecule has 0 unspecified atom stereocenters. The first-order chi connectivity index (χ1) is 7.97. The fourth-order valence-electron chi connectivity index (χ4n) is 1.71. The van der Waals surface area contributed by atoms with Gasteiger partial charge in [-0.1, -0.05) is 11.6 Å². The fourth-order valence-corrected chi connectivity index (χ4v) is 1.71. The largest absolute Gasteiger partial charge is 0.398 e. The average Bonchev–Trinajstić information content (AvgIpc) is 2.28. The molecule has 4 nitrogen and oxygen atoms in total. The summed E-state index contributed by atoms with van der Waals surface area (Å²) < 4.78 is 0. The maximum absolute atomic E-state index is 12.3. The molecule has 4 heteroatoms. The first kappa shape index (κ1) is 13.5. The van der Waals surface area contributed by atoms with E-state index in [1.54, 1.807) is 17.0 Å². The van der Waals surface area contributed by atoms with E-state index in [4.69, 9.17) is 10.8 Å². The van der Waals surface area contributed by atoms with E-state index in [0.717, 1.165) is 5.56 Å². The van der Waals surface area contributed by atoms with E-state index in [-0.39, 0.29) is 18.6 Å². The summed E-state index contributed by atoms with van der Waals surface area (Å²) in [5.74, 6) is -0.129. The molecule has 17 heavy (non-hydrogen) atoms. The number of aryl methyl sites for hydroxylation is 1. The minimum absolute atomic E-state index is 0.0366. The number of amides is 1. The Hall–Kier alpha value is -1.55. The van der Waals surface area contributed by atoms with E-state index in [2.05, 4.69) is 0 Å². The topological polar surface area (TPSA) is 66.6 Å². The summed E-state index contributed by atoms with van der Waals surface area (Å²) in [6, 6.07) is 5.43. The molecule has 1 aromatic carbocycles. The maximum Gasteiger partial charge on any atom is 0.256 e. The number of carbonyl (C=O) groups excluding carboxylic acids is 1. The zero-order valence-electron chi connectivity index (χ0n) is 10.6. The summed E-state index contributed by atoms with van der Waals surface area (Å²) in [6.07, 6.45) is 0. The quantitative estimate of drug-likeness (QED) is 0.777. The van der Waals surface area contributed by atoms with Crippen molar-refractivity contribution in [3.8, 4) is 0 Å². The molecule has 0 saturated carbocycles. The lowest BCUT2D eigenvalue weighted by molar-refractivity contribution is 0.0666. The van der Waals surface area contributed by atoms with Crippen LogP contribution < -0.4 is 5.73 Å². The van der Waals surface area contributed by atoms with E-state index in [1.807, 2.05) is 26.8 Å². The molecule has 0 aliphatic carbocycles. The minimum Gasteiger partial charge on any atom is -0.398 e. The van der Waals surface area contributed by atoms with Crippen molar-refractivity contribution in [1.82, 2.24) is 4.90 Å². The van der Waals surface area contributed by atoms with Gasteiger partial charge < -0.3 is 15.7 Å². The van der Waals surface area contributed by atoms with Gasteiger partial charge in [0.15, 0.2) is 0 Å². The normalized spacial score (nSPS) is 10.6. The Morgan fingerprint density at radius 2 is 2.12 bits per heavy atom. The van der Waals surface area contributed by atoms with Crippen LogP contribution >= 0.6 is 0 Å². The lowest BCUT2D eigenvalue weighted by Gasteiger charge is -2.26. The number of hydrogen-bond donors (Lipinski definition) is 2. The van der Waals surface area contributed by atoms with Crippen LogP contribution in [0.5, 0.6) is 0 Å². The predicted molar refractivity (Wildman–Crippen MR) is 68.8 cm³/mol. The molecule has 94 valence electrons. The highest BCUT2D eigenvalue weighted by Crippen LogP contribution is 2.17. The number of carbonyl (C=O) groups is 1. The third kappa shape index (κ3) is 3.20. The number of nitrogens with zero attached hydrogens (tertiary/aromatic N) is 1. The molecule has 0 aliphatic heterocycles. The number of nitrogen functional groups attached to an aromatic ring is 1. The van der Waals surface area contributed by atoms with E-state index < -0.39 is 0 Å². The Morgan fingerprint density at radius 3 is 2.65 bits per heavy atom. The van der Waals surface area contributed by atoms with E-state index in [9.17, 15) is 4.79 Å². The molecule has 0 saturated heterocycles. The third-order valence-electron chi connectivity index (χ3n) is 2.66. The monoisotopic (exact) mass is 236 g/mol. The SMILES string of the molecule is Cc1ccc(N)c(C(=O)N(CCO)C(C)C)c1. The highest BCUT2D eigenvalue weighted by Gasteiger charge is 2.20. The van der Waals surface area contributed by atoms with Crippen molar-refractivity contribution in [1.29, 1.82) is 0 Å².